The topological polar surface area (TPSA) is 97.0 Å². The third-order valence-corrected chi connectivity index (χ3v) is 7.14. The number of hydrogen-bond donors (Lipinski definition) is 1. The molecule has 4 rings (SSSR count). The molecule has 1 N–H and O–H groups in total. The standard InChI is InChI=1S/C23H24F3N3O5S/c24-16-10-15(11-17(25)20(16)26)21(31)22(32)28-8-9-34-23(14-28)5-3-6-27(13-23)18(30)12-35-19-4-1-2-7-29(19)33/h1-2,4,7,10-11,21,31H,3,5-6,8-9,12-14H2. The van der Waals surface area contributed by atoms with Crippen molar-refractivity contribution < 1.29 is 37.3 Å². The molecule has 8 nitrogen and oxygen atoms in total. The Morgan fingerprint density at radius 1 is 1.17 bits per heavy atom. The number of rotatable bonds is 5. The van der Waals surface area contributed by atoms with Gasteiger partial charge in [-0.15, -0.1) is 0 Å². The van der Waals surface area contributed by atoms with E-state index in [0.717, 1.165) is 11.8 Å². The van der Waals surface area contributed by atoms with E-state index in [0.29, 0.717) is 41.3 Å². The predicted molar refractivity (Wildman–Crippen MR) is 118 cm³/mol. The number of aliphatic hydroxyl groups excluding tert-OH is 1. The first kappa shape index (κ1) is 25.3. The normalized spacial score (nSPS) is 21.3. The molecule has 2 amide bonds. The Labute approximate surface area is 203 Å². The summed E-state index contributed by atoms with van der Waals surface area (Å²) in [5.41, 5.74) is -1.24. The average molecular weight is 512 g/mol. The van der Waals surface area contributed by atoms with Crippen LogP contribution in [0.3, 0.4) is 0 Å². The van der Waals surface area contributed by atoms with E-state index in [1.54, 1.807) is 23.1 Å². The number of aliphatic hydroxyl groups is 1. The van der Waals surface area contributed by atoms with Gasteiger partial charge in [0, 0.05) is 25.2 Å². The van der Waals surface area contributed by atoms with Crippen LogP contribution in [0, 0.1) is 22.7 Å². The number of thioether (sulfide) groups is 1. The van der Waals surface area contributed by atoms with Gasteiger partial charge in [-0.25, -0.2) is 13.2 Å². The first-order valence-electron chi connectivity index (χ1n) is 11.0. The van der Waals surface area contributed by atoms with Crippen LogP contribution in [-0.4, -0.2) is 70.9 Å². The molecular formula is C23H24F3N3O5S. The highest BCUT2D eigenvalue weighted by atomic mass is 32.2. The number of benzene rings is 1. The lowest BCUT2D eigenvalue weighted by atomic mass is 9.90. The number of amides is 2. The molecule has 12 heteroatoms. The monoisotopic (exact) mass is 511 g/mol. The van der Waals surface area contributed by atoms with Crippen LogP contribution >= 0.6 is 11.8 Å². The number of pyridine rings is 1. The lowest BCUT2D eigenvalue weighted by Gasteiger charge is -2.48. The lowest BCUT2D eigenvalue weighted by Crippen LogP contribution is -2.62. The summed E-state index contributed by atoms with van der Waals surface area (Å²) in [5, 5.41) is 22.6. The summed E-state index contributed by atoms with van der Waals surface area (Å²) in [4.78, 5) is 28.7. The highest BCUT2D eigenvalue weighted by Gasteiger charge is 2.44. The molecule has 188 valence electrons. The first-order chi connectivity index (χ1) is 16.7. The minimum atomic E-state index is -1.88. The minimum Gasteiger partial charge on any atom is -0.618 e. The van der Waals surface area contributed by atoms with Crippen molar-refractivity contribution in [2.75, 3.05) is 38.5 Å². The van der Waals surface area contributed by atoms with E-state index in [-0.39, 0.29) is 43.5 Å². The summed E-state index contributed by atoms with van der Waals surface area (Å²) < 4.78 is 47.1. The summed E-state index contributed by atoms with van der Waals surface area (Å²) in [6.07, 6.45) is 0.676. The van der Waals surface area contributed by atoms with Gasteiger partial charge in [-0.05, 0) is 48.4 Å². The number of aromatic nitrogens is 1. The molecule has 2 fully saturated rings. The summed E-state index contributed by atoms with van der Waals surface area (Å²) >= 11 is 1.13. The van der Waals surface area contributed by atoms with Crippen molar-refractivity contribution in [3.8, 4) is 0 Å². The summed E-state index contributed by atoms with van der Waals surface area (Å²) in [5.74, 6) is -5.58. The third-order valence-electron chi connectivity index (χ3n) is 6.14. The van der Waals surface area contributed by atoms with E-state index >= 15 is 0 Å². The molecule has 0 saturated carbocycles. The molecule has 0 aliphatic carbocycles. The van der Waals surface area contributed by atoms with Crippen molar-refractivity contribution in [1.82, 2.24) is 9.80 Å². The summed E-state index contributed by atoms with van der Waals surface area (Å²) in [6, 6.07) is 6.12. The van der Waals surface area contributed by atoms with Crippen molar-refractivity contribution in [1.29, 1.82) is 0 Å². The van der Waals surface area contributed by atoms with Gasteiger partial charge in [0.1, 0.15) is 5.60 Å². The second kappa shape index (κ2) is 10.4. The zero-order chi connectivity index (χ0) is 25.2. The molecule has 2 aliphatic heterocycles. The van der Waals surface area contributed by atoms with Crippen molar-refractivity contribution in [3.05, 3.63) is 64.8 Å². The maximum atomic E-state index is 13.6. The molecule has 2 saturated heterocycles. The summed E-state index contributed by atoms with van der Waals surface area (Å²) in [6.45, 7) is 1.09. The largest absolute Gasteiger partial charge is 0.618 e. The number of carbonyl (C=O) groups is 2. The SMILES string of the molecule is O=C(CSc1cccc[n+]1[O-])N1CCCC2(C1)CN(C(=O)C(O)c1cc(F)c(F)c(F)c1)CCO2. The van der Waals surface area contributed by atoms with E-state index < -0.39 is 35.1 Å². The number of likely N-dealkylation sites (tertiary alicyclic amines) is 1. The average Bonchev–Trinajstić information content (AvgIpc) is 2.85. The van der Waals surface area contributed by atoms with Gasteiger partial charge in [-0.3, -0.25) is 9.59 Å². The molecule has 2 aliphatic rings. The van der Waals surface area contributed by atoms with Gasteiger partial charge in [0.15, 0.2) is 29.8 Å². The number of hydrogen-bond acceptors (Lipinski definition) is 6. The number of nitrogens with zero attached hydrogens (tertiary/aromatic N) is 3. The smallest absolute Gasteiger partial charge is 0.256 e. The van der Waals surface area contributed by atoms with Crippen LogP contribution in [0.4, 0.5) is 13.2 Å². The third kappa shape index (κ3) is 5.54. The second-order valence-corrected chi connectivity index (χ2v) is 9.56. The van der Waals surface area contributed by atoms with E-state index in [1.165, 1.54) is 11.1 Å². The number of morpholine rings is 1. The van der Waals surface area contributed by atoms with E-state index in [2.05, 4.69) is 0 Å². The molecule has 1 aromatic carbocycles. The van der Waals surface area contributed by atoms with Crippen molar-refractivity contribution in [3.63, 3.8) is 0 Å². The fourth-order valence-electron chi connectivity index (χ4n) is 4.39. The van der Waals surface area contributed by atoms with Gasteiger partial charge in [0.25, 0.3) is 10.9 Å². The highest BCUT2D eigenvalue weighted by Crippen LogP contribution is 2.31. The van der Waals surface area contributed by atoms with E-state index in [1.807, 2.05) is 0 Å². The van der Waals surface area contributed by atoms with E-state index in [9.17, 15) is 33.1 Å². The summed E-state index contributed by atoms with van der Waals surface area (Å²) in [7, 11) is 0. The zero-order valence-corrected chi connectivity index (χ0v) is 19.5. The number of ether oxygens (including phenoxy) is 1. The molecule has 1 spiro atoms. The van der Waals surface area contributed by atoms with Crippen molar-refractivity contribution in [2.45, 2.75) is 29.6 Å². The van der Waals surface area contributed by atoms with E-state index in [4.69, 9.17) is 4.74 Å². The quantitative estimate of drug-likeness (QED) is 0.285. The van der Waals surface area contributed by atoms with Crippen molar-refractivity contribution >= 4 is 23.6 Å². The van der Waals surface area contributed by atoms with Crippen molar-refractivity contribution in [2.24, 2.45) is 0 Å². The van der Waals surface area contributed by atoms with Gasteiger partial charge in [-0.2, -0.15) is 4.73 Å². The fourth-order valence-corrected chi connectivity index (χ4v) is 5.21. The Kier molecular flexibility index (Phi) is 7.53. The fraction of sp³-hybridized carbons (Fsp3) is 0.435. The van der Waals surface area contributed by atoms with Crippen LogP contribution in [0.25, 0.3) is 0 Å². The van der Waals surface area contributed by atoms with Crippen LogP contribution in [0.1, 0.15) is 24.5 Å². The zero-order valence-electron chi connectivity index (χ0n) is 18.7. The first-order valence-corrected chi connectivity index (χ1v) is 12.0. The Morgan fingerprint density at radius 2 is 1.89 bits per heavy atom. The molecule has 1 aromatic heterocycles. The van der Waals surface area contributed by atoms with Crippen LogP contribution in [0.5, 0.6) is 0 Å². The van der Waals surface area contributed by atoms with Gasteiger partial charge in [0.2, 0.25) is 5.91 Å². The van der Waals surface area contributed by atoms with Crippen LogP contribution in [0.2, 0.25) is 0 Å². The lowest BCUT2D eigenvalue weighted by molar-refractivity contribution is -0.645. The predicted octanol–water partition coefficient (Wildman–Crippen LogP) is 1.78. The van der Waals surface area contributed by atoms with Gasteiger partial charge in [-0.1, -0.05) is 0 Å². The molecular weight excluding hydrogens is 487 g/mol. The highest BCUT2D eigenvalue weighted by molar-refractivity contribution is 7.99. The maximum absolute atomic E-state index is 13.6. The molecule has 2 unspecified atom stereocenters. The van der Waals surface area contributed by atoms with Crippen LogP contribution in [-0.2, 0) is 14.3 Å². The van der Waals surface area contributed by atoms with Gasteiger partial charge >= 0.3 is 0 Å². The molecule has 3 heterocycles. The number of halogens is 3. The number of carbonyl (C=O) groups excluding carboxylic acids is 2. The maximum Gasteiger partial charge on any atom is 0.256 e. The van der Waals surface area contributed by atoms with Crippen LogP contribution < -0.4 is 4.73 Å². The van der Waals surface area contributed by atoms with Gasteiger partial charge in [0.05, 0.1) is 25.4 Å². The minimum absolute atomic E-state index is 0.0609. The van der Waals surface area contributed by atoms with Gasteiger partial charge < -0.3 is 24.9 Å². The Bertz CT molecular complexity index is 1100. The molecule has 2 atom stereocenters. The molecule has 0 radical (unpaired) electrons. The Hall–Kier alpha value is -2.83. The second-order valence-electron chi connectivity index (χ2n) is 8.56. The Balaban J connectivity index is 1.41. The molecule has 0 bridgehead atoms. The number of piperidine rings is 1. The Morgan fingerprint density at radius 3 is 2.60 bits per heavy atom. The molecule has 35 heavy (non-hydrogen) atoms. The molecule has 2 aromatic rings. The van der Waals surface area contributed by atoms with Crippen LogP contribution in [0.15, 0.2) is 41.6 Å².